The van der Waals surface area contributed by atoms with Gasteiger partial charge in [0.15, 0.2) is 0 Å². The van der Waals surface area contributed by atoms with Crippen molar-refractivity contribution < 1.29 is 14.3 Å². The fourth-order valence-electron chi connectivity index (χ4n) is 5.62. The molecule has 1 fully saturated rings. The molecule has 210 valence electrons. The summed E-state index contributed by atoms with van der Waals surface area (Å²) in [5.41, 5.74) is 3.36. The molecule has 0 saturated carbocycles. The maximum atomic E-state index is 14.3. The summed E-state index contributed by atoms with van der Waals surface area (Å²) in [4.78, 5) is 44.1. The molecule has 0 unspecified atom stereocenters. The van der Waals surface area contributed by atoms with E-state index in [2.05, 4.69) is 19.8 Å². The highest BCUT2D eigenvalue weighted by molar-refractivity contribution is 5.98. The zero-order chi connectivity index (χ0) is 27.9. The summed E-state index contributed by atoms with van der Waals surface area (Å²) in [6.45, 7) is 6.18. The third-order valence-corrected chi connectivity index (χ3v) is 7.73. The van der Waals surface area contributed by atoms with Crippen LogP contribution in [0.25, 0.3) is 0 Å². The number of piperidine rings is 1. The molecule has 0 radical (unpaired) electrons. The van der Waals surface area contributed by atoms with Crippen molar-refractivity contribution in [3.63, 3.8) is 0 Å². The van der Waals surface area contributed by atoms with Crippen molar-refractivity contribution >= 4 is 29.1 Å². The largest absolute Gasteiger partial charge is 0.496 e. The Morgan fingerprint density at radius 2 is 1.55 bits per heavy atom. The highest BCUT2D eigenvalue weighted by atomic mass is 16.5. The quantitative estimate of drug-likeness (QED) is 0.484. The van der Waals surface area contributed by atoms with E-state index >= 15 is 0 Å². The zero-order valence-corrected chi connectivity index (χ0v) is 23.5. The van der Waals surface area contributed by atoms with E-state index in [1.54, 1.807) is 32.5 Å². The van der Waals surface area contributed by atoms with Gasteiger partial charge in [0.25, 0.3) is 5.91 Å². The van der Waals surface area contributed by atoms with Crippen LogP contribution in [0.1, 0.15) is 48.5 Å². The minimum Gasteiger partial charge on any atom is -0.496 e. The third-order valence-electron chi connectivity index (χ3n) is 7.73. The number of amides is 2. The van der Waals surface area contributed by atoms with E-state index in [0.29, 0.717) is 50.0 Å². The summed E-state index contributed by atoms with van der Waals surface area (Å²) in [5.74, 6) is 1.05. The molecule has 1 aromatic heterocycles. The number of hydrogen-bond acceptors (Lipinski definition) is 7. The SMILES string of the molecule is COc1ccc(N2CCCCC2)cc1C(=O)N1CCN(c2ncccn2)CCCN(C(C)=O)c2ccccc2C1. The molecule has 3 heterocycles. The van der Waals surface area contributed by atoms with Crippen LogP contribution in [-0.4, -0.2) is 73.1 Å². The van der Waals surface area contributed by atoms with E-state index in [1.807, 2.05) is 52.3 Å². The molecular weight excluding hydrogens is 504 g/mol. The summed E-state index contributed by atoms with van der Waals surface area (Å²) in [5, 5.41) is 0. The zero-order valence-electron chi connectivity index (χ0n) is 23.5. The third kappa shape index (κ3) is 6.19. The van der Waals surface area contributed by atoms with Crippen molar-refractivity contribution in [3.05, 3.63) is 72.1 Å². The van der Waals surface area contributed by atoms with E-state index in [4.69, 9.17) is 4.74 Å². The van der Waals surface area contributed by atoms with Crippen molar-refractivity contribution in [2.45, 2.75) is 39.2 Å². The number of anilines is 3. The highest BCUT2D eigenvalue weighted by Crippen LogP contribution is 2.30. The minimum absolute atomic E-state index is 0.0250. The number of hydrogen-bond donors (Lipinski definition) is 0. The lowest BCUT2D eigenvalue weighted by Gasteiger charge is -2.31. The van der Waals surface area contributed by atoms with E-state index in [0.717, 1.165) is 49.3 Å². The molecule has 40 heavy (non-hydrogen) atoms. The molecule has 0 atom stereocenters. The Labute approximate surface area is 236 Å². The van der Waals surface area contributed by atoms with Crippen LogP contribution in [0.5, 0.6) is 5.75 Å². The molecule has 9 heteroatoms. The second kappa shape index (κ2) is 12.8. The number of rotatable bonds is 4. The Balaban J connectivity index is 1.52. The Bertz CT molecular complexity index is 1310. The van der Waals surface area contributed by atoms with Crippen LogP contribution >= 0.6 is 0 Å². The Kier molecular flexibility index (Phi) is 8.78. The van der Waals surface area contributed by atoms with Crippen LogP contribution in [0.3, 0.4) is 0 Å². The van der Waals surface area contributed by atoms with Crippen LogP contribution in [-0.2, 0) is 11.3 Å². The van der Waals surface area contributed by atoms with Crippen LogP contribution in [0.15, 0.2) is 60.9 Å². The second-order valence-corrected chi connectivity index (χ2v) is 10.3. The van der Waals surface area contributed by atoms with Crippen LogP contribution in [0, 0.1) is 0 Å². The predicted octanol–water partition coefficient (Wildman–Crippen LogP) is 4.38. The van der Waals surface area contributed by atoms with Gasteiger partial charge in [-0.2, -0.15) is 0 Å². The summed E-state index contributed by atoms with van der Waals surface area (Å²) >= 11 is 0. The number of aromatic nitrogens is 2. The summed E-state index contributed by atoms with van der Waals surface area (Å²) < 4.78 is 5.68. The lowest BCUT2D eigenvalue weighted by atomic mass is 10.1. The van der Waals surface area contributed by atoms with Gasteiger partial charge >= 0.3 is 0 Å². The highest BCUT2D eigenvalue weighted by Gasteiger charge is 2.26. The fraction of sp³-hybridized carbons (Fsp3) is 0.419. The summed E-state index contributed by atoms with van der Waals surface area (Å²) in [6, 6.07) is 15.6. The first-order valence-corrected chi connectivity index (χ1v) is 14.2. The van der Waals surface area contributed by atoms with Gasteiger partial charge in [-0.3, -0.25) is 9.59 Å². The maximum absolute atomic E-state index is 14.3. The smallest absolute Gasteiger partial charge is 0.258 e. The van der Waals surface area contributed by atoms with Gasteiger partial charge in [-0.25, -0.2) is 9.97 Å². The number of nitrogens with zero attached hydrogens (tertiary/aromatic N) is 6. The topological polar surface area (TPSA) is 82.1 Å². The van der Waals surface area contributed by atoms with Gasteiger partial charge in [0.05, 0.1) is 12.7 Å². The van der Waals surface area contributed by atoms with Crippen molar-refractivity contribution in [2.75, 3.05) is 61.1 Å². The van der Waals surface area contributed by atoms with Gasteiger partial charge in [0.1, 0.15) is 5.75 Å². The molecule has 5 rings (SSSR count). The van der Waals surface area contributed by atoms with Gasteiger partial charge in [0, 0.05) is 76.5 Å². The van der Waals surface area contributed by atoms with Crippen LogP contribution in [0.2, 0.25) is 0 Å². The maximum Gasteiger partial charge on any atom is 0.258 e. The number of carbonyl (C=O) groups is 2. The first kappa shape index (κ1) is 27.4. The van der Waals surface area contributed by atoms with E-state index < -0.39 is 0 Å². The number of benzene rings is 2. The minimum atomic E-state index is -0.104. The molecule has 2 aromatic carbocycles. The molecule has 2 aliphatic heterocycles. The lowest BCUT2D eigenvalue weighted by molar-refractivity contribution is -0.116. The molecule has 0 bridgehead atoms. The van der Waals surface area contributed by atoms with Gasteiger partial charge in [0.2, 0.25) is 11.9 Å². The molecule has 9 nitrogen and oxygen atoms in total. The molecule has 0 N–H and O–H groups in total. The normalized spacial score (nSPS) is 16.6. The molecule has 3 aromatic rings. The average Bonchev–Trinajstić information content (AvgIpc) is 3.04. The average molecular weight is 543 g/mol. The van der Waals surface area contributed by atoms with E-state index in [9.17, 15) is 9.59 Å². The summed E-state index contributed by atoms with van der Waals surface area (Å²) in [7, 11) is 1.61. The monoisotopic (exact) mass is 542 g/mol. The molecule has 1 saturated heterocycles. The first-order chi connectivity index (χ1) is 19.5. The van der Waals surface area contributed by atoms with Crippen molar-refractivity contribution in [1.82, 2.24) is 14.9 Å². The number of fused-ring (bicyclic) bond motifs is 1. The van der Waals surface area contributed by atoms with E-state index in [-0.39, 0.29) is 11.8 Å². The van der Waals surface area contributed by atoms with Crippen molar-refractivity contribution in [1.29, 1.82) is 0 Å². The Hall–Kier alpha value is -4.14. The van der Waals surface area contributed by atoms with Gasteiger partial charge in [-0.05, 0) is 61.6 Å². The van der Waals surface area contributed by atoms with Gasteiger partial charge in [-0.1, -0.05) is 18.2 Å². The Morgan fingerprint density at radius 3 is 2.30 bits per heavy atom. The lowest BCUT2D eigenvalue weighted by Crippen LogP contribution is -2.39. The fourth-order valence-corrected chi connectivity index (χ4v) is 5.62. The first-order valence-electron chi connectivity index (χ1n) is 14.2. The molecular formula is C31H38N6O3. The van der Waals surface area contributed by atoms with Gasteiger partial charge in [-0.15, -0.1) is 0 Å². The molecule has 2 amide bonds. The Morgan fingerprint density at radius 1 is 0.800 bits per heavy atom. The van der Waals surface area contributed by atoms with Crippen molar-refractivity contribution in [3.8, 4) is 5.75 Å². The van der Waals surface area contributed by atoms with Crippen LogP contribution < -0.4 is 19.4 Å². The molecule has 0 spiro atoms. The molecule has 0 aliphatic carbocycles. The van der Waals surface area contributed by atoms with Crippen LogP contribution in [0.4, 0.5) is 17.3 Å². The number of carbonyl (C=O) groups excluding carboxylic acids is 2. The number of para-hydroxylation sites is 1. The predicted molar refractivity (Wildman–Crippen MR) is 157 cm³/mol. The number of methoxy groups -OCH3 is 1. The van der Waals surface area contributed by atoms with Crippen molar-refractivity contribution in [2.24, 2.45) is 0 Å². The molecule has 2 aliphatic rings. The second-order valence-electron chi connectivity index (χ2n) is 10.3. The number of ether oxygens (including phenoxy) is 1. The standard InChI is InChI=1S/C31H38N6O3/c1-24(38)37-19-9-18-35(31-32-14-8-15-33-31)20-21-36(23-25-10-4-5-11-28(25)37)30(39)27-22-26(12-13-29(27)40-2)34-16-6-3-7-17-34/h4-5,8,10-15,22H,3,6-7,9,16-21,23H2,1-2H3. The van der Waals surface area contributed by atoms with E-state index in [1.165, 1.54) is 6.42 Å². The van der Waals surface area contributed by atoms with Gasteiger partial charge < -0.3 is 24.3 Å². The summed E-state index contributed by atoms with van der Waals surface area (Å²) in [6.07, 6.45) is 7.75.